The van der Waals surface area contributed by atoms with E-state index >= 15 is 0 Å². The van der Waals surface area contributed by atoms with Gasteiger partial charge in [0.15, 0.2) is 0 Å². The molecule has 0 spiro atoms. The van der Waals surface area contributed by atoms with E-state index in [1.165, 1.54) is 30.6 Å². The maximum absolute atomic E-state index is 13.2. The molecular formula is C24H23N3O4S2. The first-order valence-electron chi connectivity index (χ1n) is 10.3. The van der Waals surface area contributed by atoms with Gasteiger partial charge in [-0.05, 0) is 41.4 Å². The van der Waals surface area contributed by atoms with Crippen molar-refractivity contribution in [3.63, 3.8) is 0 Å². The van der Waals surface area contributed by atoms with Crippen molar-refractivity contribution in [3.8, 4) is 0 Å². The Kier molecular flexibility index (Phi) is 6.73. The number of hydrogen-bond acceptors (Lipinski definition) is 6. The predicted molar refractivity (Wildman–Crippen MR) is 129 cm³/mol. The van der Waals surface area contributed by atoms with Crippen LogP contribution in [0.4, 0.5) is 0 Å². The Morgan fingerprint density at radius 3 is 2.58 bits per heavy atom. The number of hydrogen-bond donors (Lipinski definition) is 1. The lowest BCUT2D eigenvalue weighted by Gasteiger charge is -2.08. The first-order valence-corrected chi connectivity index (χ1v) is 12.5. The van der Waals surface area contributed by atoms with Gasteiger partial charge in [0.1, 0.15) is 4.90 Å². The number of nitrogens with zero attached hydrogens (tertiary/aromatic N) is 2. The van der Waals surface area contributed by atoms with Crippen molar-refractivity contribution in [2.75, 3.05) is 13.7 Å². The smallest absolute Gasteiger partial charge is 0.339 e. The van der Waals surface area contributed by atoms with E-state index in [0.717, 1.165) is 21.2 Å². The lowest BCUT2D eigenvalue weighted by molar-refractivity contribution is 0.0596. The molecule has 1 aromatic heterocycles. The summed E-state index contributed by atoms with van der Waals surface area (Å²) < 4.78 is 37.1. The summed E-state index contributed by atoms with van der Waals surface area (Å²) in [6.45, 7) is 0.877. The van der Waals surface area contributed by atoms with E-state index in [0.29, 0.717) is 24.3 Å². The summed E-state index contributed by atoms with van der Waals surface area (Å²) in [6, 6.07) is 20.0. The van der Waals surface area contributed by atoms with E-state index in [1.54, 1.807) is 12.1 Å². The number of carbonyl (C=O) groups excluding carboxylic acids is 1. The van der Waals surface area contributed by atoms with Gasteiger partial charge in [-0.3, -0.25) is 0 Å². The van der Waals surface area contributed by atoms with E-state index in [1.807, 2.05) is 53.2 Å². The van der Waals surface area contributed by atoms with Gasteiger partial charge in [0.05, 0.1) is 19.2 Å². The number of fused-ring (bicyclic) bond motifs is 1. The second-order valence-corrected chi connectivity index (χ2v) is 10.0. The lowest BCUT2D eigenvalue weighted by atomic mass is 10.0. The van der Waals surface area contributed by atoms with Crippen LogP contribution < -0.4 is 10.5 Å². The maximum atomic E-state index is 13.2. The molecule has 0 aliphatic carbocycles. The highest BCUT2D eigenvalue weighted by molar-refractivity contribution is 7.90. The summed E-state index contributed by atoms with van der Waals surface area (Å²) in [5.41, 5.74) is 6.72. The largest absolute Gasteiger partial charge is 0.465 e. The summed E-state index contributed by atoms with van der Waals surface area (Å²) in [6.07, 6.45) is 2.49. The van der Waals surface area contributed by atoms with Crippen LogP contribution in [-0.2, 0) is 27.7 Å². The summed E-state index contributed by atoms with van der Waals surface area (Å²) in [4.78, 5) is 13.2. The highest BCUT2D eigenvalue weighted by Crippen LogP contribution is 2.21. The minimum absolute atomic E-state index is 0.0527. The van der Waals surface area contributed by atoms with Crippen molar-refractivity contribution >= 4 is 38.1 Å². The number of aromatic nitrogens is 1. The van der Waals surface area contributed by atoms with Crippen molar-refractivity contribution < 1.29 is 17.9 Å². The van der Waals surface area contributed by atoms with Crippen LogP contribution in [0.2, 0.25) is 0 Å². The summed E-state index contributed by atoms with van der Waals surface area (Å²) in [5, 5.41) is 2.19. The van der Waals surface area contributed by atoms with Crippen molar-refractivity contribution in [1.82, 2.24) is 4.57 Å². The van der Waals surface area contributed by atoms with E-state index in [2.05, 4.69) is 4.40 Å². The van der Waals surface area contributed by atoms with Gasteiger partial charge in [-0.25, -0.2) is 4.79 Å². The fraction of sp³-hybridized carbons (Fsp3) is 0.167. The van der Waals surface area contributed by atoms with E-state index in [-0.39, 0.29) is 10.5 Å². The van der Waals surface area contributed by atoms with Gasteiger partial charge in [0.2, 0.25) is 4.80 Å². The standard InChI is InChI=1S/C24H23N3O4S2/c1-31-23(28)21-11-4-5-12-22(21)33(29,30)26-24-27(16-19(32-24)13-14-25)15-18-9-6-8-17-7-2-3-10-20(17)18/h2-12,16H,13-15,25H2,1H3. The number of nitrogens with two attached hydrogens (primary N) is 1. The Balaban J connectivity index is 1.84. The molecule has 0 atom stereocenters. The SMILES string of the molecule is COC(=O)c1ccccc1S(=O)(=O)N=c1sc(CCN)cn1Cc1cccc2ccccc12. The second-order valence-electron chi connectivity index (χ2n) is 7.34. The van der Waals surface area contributed by atoms with Crippen molar-refractivity contribution in [3.05, 3.63) is 93.7 Å². The number of rotatable bonds is 7. The molecule has 0 unspecified atom stereocenters. The summed E-state index contributed by atoms with van der Waals surface area (Å²) >= 11 is 1.27. The van der Waals surface area contributed by atoms with Gasteiger partial charge in [0, 0.05) is 11.1 Å². The third-order valence-corrected chi connectivity index (χ3v) is 7.67. The zero-order chi connectivity index (χ0) is 23.4. The Morgan fingerprint density at radius 1 is 1.06 bits per heavy atom. The first-order chi connectivity index (χ1) is 15.9. The summed E-state index contributed by atoms with van der Waals surface area (Å²) in [5.74, 6) is -0.733. The van der Waals surface area contributed by atoms with Crippen LogP contribution >= 0.6 is 11.3 Å². The number of esters is 1. The second kappa shape index (κ2) is 9.70. The molecule has 2 N–H and O–H groups in total. The number of carbonyl (C=O) groups is 1. The predicted octanol–water partition coefficient (Wildman–Crippen LogP) is 3.33. The summed E-state index contributed by atoms with van der Waals surface area (Å²) in [7, 11) is -2.97. The van der Waals surface area contributed by atoms with Crippen molar-refractivity contribution in [2.45, 2.75) is 17.9 Å². The van der Waals surface area contributed by atoms with E-state index in [9.17, 15) is 13.2 Å². The van der Waals surface area contributed by atoms with Gasteiger partial charge in [0.25, 0.3) is 10.0 Å². The fourth-order valence-electron chi connectivity index (χ4n) is 3.61. The molecule has 1 heterocycles. The van der Waals surface area contributed by atoms with Crippen LogP contribution in [0.3, 0.4) is 0 Å². The molecular weight excluding hydrogens is 458 g/mol. The average molecular weight is 482 g/mol. The average Bonchev–Trinajstić information content (AvgIpc) is 3.19. The van der Waals surface area contributed by atoms with Crippen LogP contribution in [0.25, 0.3) is 10.8 Å². The Bertz CT molecular complexity index is 1480. The number of thiazole rings is 1. The molecule has 0 fully saturated rings. The molecule has 0 bridgehead atoms. The third kappa shape index (κ3) is 4.90. The fourth-order valence-corrected chi connectivity index (χ4v) is 6.01. The number of benzene rings is 3. The lowest BCUT2D eigenvalue weighted by Crippen LogP contribution is -2.18. The zero-order valence-corrected chi connectivity index (χ0v) is 19.6. The number of methoxy groups -OCH3 is 1. The minimum Gasteiger partial charge on any atom is -0.465 e. The maximum Gasteiger partial charge on any atom is 0.339 e. The molecule has 33 heavy (non-hydrogen) atoms. The van der Waals surface area contributed by atoms with Gasteiger partial charge in [-0.2, -0.15) is 8.42 Å². The molecule has 0 aliphatic heterocycles. The van der Waals surface area contributed by atoms with Crippen LogP contribution in [0.5, 0.6) is 0 Å². The van der Waals surface area contributed by atoms with Crippen molar-refractivity contribution in [1.29, 1.82) is 0 Å². The molecule has 0 saturated heterocycles. The Labute approximate surface area is 195 Å². The molecule has 4 aromatic rings. The molecule has 3 aromatic carbocycles. The normalized spacial score (nSPS) is 12.2. The molecule has 0 saturated carbocycles. The van der Waals surface area contributed by atoms with E-state index < -0.39 is 16.0 Å². The number of sulfonamides is 1. The van der Waals surface area contributed by atoms with Gasteiger partial charge >= 0.3 is 5.97 Å². The molecule has 7 nitrogen and oxygen atoms in total. The van der Waals surface area contributed by atoms with Gasteiger partial charge < -0.3 is 15.0 Å². The molecule has 9 heteroatoms. The van der Waals surface area contributed by atoms with E-state index in [4.69, 9.17) is 10.5 Å². The molecule has 4 rings (SSSR count). The zero-order valence-electron chi connectivity index (χ0n) is 18.0. The molecule has 0 radical (unpaired) electrons. The number of ether oxygens (including phenoxy) is 1. The van der Waals surface area contributed by atoms with Gasteiger partial charge in [-0.1, -0.05) is 54.6 Å². The molecule has 0 amide bonds. The quantitative estimate of drug-likeness (QED) is 0.408. The Hall–Kier alpha value is -3.27. The highest BCUT2D eigenvalue weighted by Gasteiger charge is 2.22. The van der Waals surface area contributed by atoms with Gasteiger partial charge in [-0.15, -0.1) is 15.7 Å². The topological polar surface area (TPSA) is 104 Å². The molecule has 0 aliphatic rings. The van der Waals surface area contributed by atoms with Crippen LogP contribution in [0, 0.1) is 0 Å². The third-order valence-electron chi connectivity index (χ3n) is 5.15. The highest BCUT2D eigenvalue weighted by atomic mass is 32.2. The minimum atomic E-state index is -4.18. The van der Waals surface area contributed by atoms with Crippen molar-refractivity contribution in [2.24, 2.45) is 10.1 Å². The van der Waals surface area contributed by atoms with Crippen LogP contribution in [0.15, 0.2) is 82.2 Å². The Morgan fingerprint density at radius 2 is 1.79 bits per heavy atom. The van der Waals surface area contributed by atoms with Crippen LogP contribution in [-0.4, -0.2) is 32.6 Å². The first kappa shape index (κ1) is 22.9. The molecule has 170 valence electrons. The monoisotopic (exact) mass is 481 g/mol. The van der Waals surface area contributed by atoms with Crippen LogP contribution in [0.1, 0.15) is 20.8 Å².